The van der Waals surface area contributed by atoms with Gasteiger partial charge in [-0.05, 0) is 13.0 Å². The first-order valence-electron chi connectivity index (χ1n) is 4.54. The van der Waals surface area contributed by atoms with Gasteiger partial charge in [0.1, 0.15) is 5.02 Å². The van der Waals surface area contributed by atoms with Crippen molar-refractivity contribution in [1.29, 1.82) is 0 Å². The molecule has 0 unspecified atom stereocenters. The third kappa shape index (κ3) is 1.57. The van der Waals surface area contributed by atoms with E-state index in [1.54, 1.807) is 6.92 Å². The van der Waals surface area contributed by atoms with Gasteiger partial charge in [0.15, 0.2) is 5.65 Å². The molecule has 0 spiro atoms. The average molecular weight is 242 g/mol. The summed E-state index contributed by atoms with van der Waals surface area (Å²) in [6.07, 6.45) is 1.45. The van der Waals surface area contributed by atoms with Crippen LogP contribution in [-0.4, -0.2) is 32.3 Å². The van der Waals surface area contributed by atoms with Crippen molar-refractivity contribution in [1.82, 2.24) is 14.6 Å². The molecule has 0 saturated heterocycles. The lowest BCUT2D eigenvalue weighted by atomic mass is 10.2. The van der Waals surface area contributed by atoms with E-state index in [2.05, 4.69) is 10.2 Å². The Morgan fingerprint density at radius 2 is 2.38 bits per heavy atom. The van der Waals surface area contributed by atoms with Crippen LogP contribution in [0.2, 0.25) is 5.02 Å². The van der Waals surface area contributed by atoms with E-state index >= 15 is 0 Å². The summed E-state index contributed by atoms with van der Waals surface area (Å²) in [7, 11) is 0. The van der Waals surface area contributed by atoms with Crippen LogP contribution in [-0.2, 0) is 4.74 Å². The van der Waals surface area contributed by atoms with Gasteiger partial charge in [-0.2, -0.15) is 0 Å². The monoisotopic (exact) mass is 241 g/mol. The number of hydrogen-bond acceptors (Lipinski definition) is 5. The molecule has 16 heavy (non-hydrogen) atoms. The highest BCUT2D eigenvalue weighted by molar-refractivity contribution is 6.36. The predicted octanol–water partition coefficient (Wildman–Crippen LogP) is 1.26. The molecule has 2 aromatic rings. The van der Waals surface area contributed by atoms with Gasteiger partial charge in [0.2, 0.25) is 0 Å². The smallest absolute Gasteiger partial charge is 0.339 e. The Balaban J connectivity index is 2.56. The molecule has 0 fully saturated rings. The summed E-state index contributed by atoms with van der Waals surface area (Å²) in [5, 5.41) is 16.5. The van der Waals surface area contributed by atoms with E-state index in [1.165, 1.54) is 16.7 Å². The number of pyridine rings is 1. The maximum Gasteiger partial charge on any atom is 0.339 e. The van der Waals surface area contributed by atoms with Crippen molar-refractivity contribution in [3.63, 3.8) is 0 Å². The zero-order valence-electron chi connectivity index (χ0n) is 8.35. The molecule has 0 aliphatic rings. The molecule has 0 saturated carbocycles. The molecule has 6 nitrogen and oxygen atoms in total. The van der Waals surface area contributed by atoms with Gasteiger partial charge < -0.3 is 9.84 Å². The molecule has 84 valence electrons. The second-order valence-electron chi connectivity index (χ2n) is 2.96. The van der Waals surface area contributed by atoms with Gasteiger partial charge in [0.05, 0.1) is 12.2 Å². The van der Waals surface area contributed by atoms with Gasteiger partial charge in [-0.25, -0.2) is 4.79 Å². The number of ether oxygens (including phenoxy) is 1. The first kappa shape index (κ1) is 10.7. The Kier molecular flexibility index (Phi) is 2.66. The Morgan fingerprint density at radius 3 is 3.06 bits per heavy atom. The van der Waals surface area contributed by atoms with Crippen molar-refractivity contribution in [3.8, 4) is 6.01 Å². The molecule has 2 heterocycles. The summed E-state index contributed by atoms with van der Waals surface area (Å²) < 4.78 is 6.09. The molecule has 0 amide bonds. The fourth-order valence-electron chi connectivity index (χ4n) is 1.28. The van der Waals surface area contributed by atoms with E-state index in [9.17, 15) is 9.90 Å². The van der Waals surface area contributed by atoms with Crippen molar-refractivity contribution >= 4 is 23.2 Å². The van der Waals surface area contributed by atoms with Crippen LogP contribution in [0.1, 0.15) is 17.3 Å². The van der Waals surface area contributed by atoms with E-state index < -0.39 is 5.97 Å². The van der Waals surface area contributed by atoms with Gasteiger partial charge in [0.25, 0.3) is 0 Å². The molecule has 0 aliphatic carbocycles. The summed E-state index contributed by atoms with van der Waals surface area (Å²) in [6, 6.07) is 1.16. The molecule has 0 bridgehead atoms. The van der Waals surface area contributed by atoms with Crippen molar-refractivity contribution in [2.45, 2.75) is 6.92 Å². The van der Waals surface area contributed by atoms with E-state index in [-0.39, 0.29) is 28.9 Å². The van der Waals surface area contributed by atoms with Crippen molar-refractivity contribution in [2.75, 3.05) is 6.61 Å². The van der Waals surface area contributed by atoms with Crippen LogP contribution in [0.25, 0.3) is 5.65 Å². The number of hydrogen-bond donors (Lipinski definition) is 1. The third-order valence-corrected chi connectivity index (χ3v) is 2.37. The SMILES string of the molecule is CCOC(=O)c1ccn2c(O)nnc2c1Cl. The largest absolute Gasteiger partial charge is 0.479 e. The number of fused-ring (bicyclic) bond motifs is 1. The lowest BCUT2D eigenvalue weighted by Gasteiger charge is -2.04. The van der Waals surface area contributed by atoms with Crippen molar-refractivity contribution in [2.24, 2.45) is 0 Å². The first-order valence-corrected chi connectivity index (χ1v) is 4.92. The topological polar surface area (TPSA) is 76.7 Å². The number of aromatic hydroxyl groups is 1. The summed E-state index contributed by atoms with van der Waals surface area (Å²) in [5.74, 6) is -0.530. The Bertz CT molecular complexity index is 552. The number of aromatic nitrogens is 3. The van der Waals surface area contributed by atoms with Gasteiger partial charge in [-0.3, -0.25) is 4.40 Å². The highest BCUT2D eigenvalue weighted by Gasteiger charge is 2.17. The van der Waals surface area contributed by atoms with Crippen LogP contribution in [0.4, 0.5) is 0 Å². The maximum atomic E-state index is 11.5. The van der Waals surface area contributed by atoms with E-state index in [0.29, 0.717) is 0 Å². The lowest BCUT2D eigenvalue weighted by molar-refractivity contribution is 0.0526. The predicted molar refractivity (Wildman–Crippen MR) is 55.6 cm³/mol. The summed E-state index contributed by atoms with van der Waals surface area (Å²) in [4.78, 5) is 11.5. The second kappa shape index (κ2) is 3.97. The zero-order valence-corrected chi connectivity index (χ0v) is 9.10. The summed E-state index contributed by atoms with van der Waals surface area (Å²) in [5.41, 5.74) is 0.410. The molecule has 1 N–H and O–H groups in total. The summed E-state index contributed by atoms with van der Waals surface area (Å²) in [6.45, 7) is 1.96. The molecule has 2 rings (SSSR count). The van der Waals surface area contributed by atoms with Crippen LogP contribution < -0.4 is 0 Å². The van der Waals surface area contributed by atoms with Crippen LogP contribution in [0.5, 0.6) is 6.01 Å². The normalized spacial score (nSPS) is 10.6. The minimum absolute atomic E-state index is 0.105. The van der Waals surface area contributed by atoms with Crippen molar-refractivity contribution < 1.29 is 14.6 Å². The molecule has 7 heteroatoms. The maximum absolute atomic E-state index is 11.5. The Morgan fingerprint density at radius 1 is 1.62 bits per heavy atom. The van der Waals surface area contributed by atoms with Gasteiger partial charge in [0, 0.05) is 6.20 Å². The highest BCUT2D eigenvalue weighted by Crippen LogP contribution is 2.23. The number of carbonyl (C=O) groups excluding carboxylic acids is 1. The van der Waals surface area contributed by atoms with E-state index in [0.717, 1.165) is 0 Å². The minimum Gasteiger partial charge on any atom is -0.479 e. The number of esters is 1. The third-order valence-electron chi connectivity index (χ3n) is 2.00. The van der Waals surface area contributed by atoms with E-state index in [4.69, 9.17) is 16.3 Å². The minimum atomic E-state index is -0.530. The number of carbonyl (C=O) groups is 1. The van der Waals surface area contributed by atoms with Gasteiger partial charge in [-0.15, -0.1) is 5.10 Å². The molecule has 0 radical (unpaired) electrons. The fourth-order valence-corrected chi connectivity index (χ4v) is 1.55. The summed E-state index contributed by atoms with van der Waals surface area (Å²) >= 11 is 5.95. The molecular weight excluding hydrogens is 234 g/mol. The quantitative estimate of drug-likeness (QED) is 0.801. The van der Waals surface area contributed by atoms with Gasteiger partial charge in [-0.1, -0.05) is 16.7 Å². The van der Waals surface area contributed by atoms with Crippen molar-refractivity contribution in [3.05, 3.63) is 22.8 Å². The van der Waals surface area contributed by atoms with Gasteiger partial charge >= 0.3 is 12.0 Å². The molecule has 0 aromatic carbocycles. The molecular formula is C9H8ClN3O3. The standard InChI is InChI=1S/C9H8ClN3O3/c1-2-16-8(14)5-3-4-13-7(6(5)10)11-12-9(13)15/h3-4H,2H2,1H3,(H,12,15). The van der Waals surface area contributed by atoms with Crippen LogP contribution in [0.3, 0.4) is 0 Å². The Labute approximate surface area is 95.4 Å². The lowest BCUT2D eigenvalue weighted by Crippen LogP contribution is -2.06. The average Bonchev–Trinajstić information content (AvgIpc) is 2.62. The number of rotatable bonds is 2. The van der Waals surface area contributed by atoms with Crippen LogP contribution in [0.15, 0.2) is 12.3 Å². The number of nitrogens with zero attached hydrogens (tertiary/aromatic N) is 3. The first-order chi connectivity index (χ1) is 7.65. The molecule has 2 aromatic heterocycles. The second-order valence-corrected chi connectivity index (χ2v) is 3.34. The van der Waals surface area contributed by atoms with Crippen LogP contribution in [0, 0.1) is 0 Å². The van der Waals surface area contributed by atoms with E-state index in [1.807, 2.05) is 0 Å². The molecule has 0 aliphatic heterocycles. The fraction of sp³-hybridized carbons (Fsp3) is 0.222. The highest BCUT2D eigenvalue weighted by atomic mass is 35.5. The Hall–Kier alpha value is -1.82. The number of halogens is 1. The zero-order chi connectivity index (χ0) is 11.7. The van der Waals surface area contributed by atoms with Crippen LogP contribution >= 0.6 is 11.6 Å². The molecule has 0 atom stereocenters.